The fourth-order valence-electron chi connectivity index (χ4n) is 7.20. The van der Waals surface area contributed by atoms with Crippen LogP contribution in [0.5, 0.6) is 0 Å². The van der Waals surface area contributed by atoms with Gasteiger partial charge in [-0.3, -0.25) is 29.1 Å². The molecule has 2 aliphatic heterocycles. The summed E-state index contributed by atoms with van der Waals surface area (Å²) in [5.74, 6) is -3.25. The van der Waals surface area contributed by atoms with Gasteiger partial charge in [-0.05, 0) is 30.0 Å². The van der Waals surface area contributed by atoms with Gasteiger partial charge in [0.2, 0.25) is 18.3 Å². The van der Waals surface area contributed by atoms with Crippen molar-refractivity contribution in [3.8, 4) is 6.07 Å². The van der Waals surface area contributed by atoms with Crippen LogP contribution in [0.3, 0.4) is 0 Å². The first kappa shape index (κ1) is 44.3. The lowest BCUT2D eigenvalue weighted by atomic mass is 9.92. The Morgan fingerprint density at radius 1 is 0.933 bits per heavy atom. The van der Waals surface area contributed by atoms with Crippen molar-refractivity contribution in [1.29, 1.82) is 5.26 Å². The van der Waals surface area contributed by atoms with Crippen molar-refractivity contribution in [2.24, 2.45) is 5.92 Å². The molecular formula is C39H46N8O13. The summed E-state index contributed by atoms with van der Waals surface area (Å²) >= 11 is 0. The number of benzene rings is 1. The van der Waals surface area contributed by atoms with Crippen LogP contribution in [-0.4, -0.2) is 137 Å². The first-order valence-electron chi connectivity index (χ1n) is 18.8. The highest BCUT2D eigenvalue weighted by atomic mass is 16.8. The summed E-state index contributed by atoms with van der Waals surface area (Å²) < 4.78 is 33.2. The number of piperidine rings is 1. The summed E-state index contributed by atoms with van der Waals surface area (Å²) in [5.41, 5.74) is 0.996. The second-order valence-electron chi connectivity index (χ2n) is 14.2. The number of carbonyl (C=O) groups excluding carboxylic acids is 7. The number of nitriles is 1. The first-order chi connectivity index (χ1) is 28.5. The normalized spacial score (nSPS) is 22.4. The van der Waals surface area contributed by atoms with Crippen molar-refractivity contribution in [2.45, 2.75) is 83.8 Å². The lowest BCUT2D eigenvalue weighted by Crippen LogP contribution is -2.64. The van der Waals surface area contributed by atoms with Gasteiger partial charge in [-0.15, -0.1) is 0 Å². The Bertz CT molecular complexity index is 2170. The van der Waals surface area contributed by atoms with Gasteiger partial charge in [-0.25, -0.2) is 24.4 Å². The van der Waals surface area contributed by atoms with Gasteiger partial charge < -0.3 is 43.1 Å². The zero-order valence-corrected chi connectivity index (χ0v) is 34.1. The minimum atomic E-state index is -1.88. The van der Waals surface area contributed by atoms with E-state index in [4.69, 9.17) is 33.7 Å². The van der Waals surface area contributed by atoms with E-state index < -0.39 is 66.7 Å². The molecule has 4 heterocycles. The minimum Gasteiger partial charge on any atom is -0.467 e. The molecule has 2 aromatic heterocycles. The predicted octanol–water partition coefficient (Wildman–Crippen LogP) is 2.36. The number of carbonyl (C=O) groups is 7. The Kier molecular flexibility index (Phi) is 14.2. The SMILES string of the molecule is COC(=O)[C@H]1O[C@@H](OC(=O)Nc2ccccc2CN(C)C(=O)n2ccc3c(N(C)C4CN(C(=O)CC#N)CC[C@H]4C)ncnc32)[C@H](OC(C)=O)[C@@H](OC(C)=O)[C@@H]1OC(C)=O. The number of fused-ring (bicyclic) bond motifs is 1. The van der Waals surface area contributed by atoms with Crippen LogP contribution in [0.4, 0.5) is 21.1 Å². The maximum atomic E-state index is 13.9. The van der Waals surface area contributed by atoms with E-state index in [2.05, 4.69) is 22.2 Å². The number of anilines is 2. The highest BCUT2D eigenvalue weighted by Crippen LogP contribution is 2.32. The summed E-state index contributed by atoms with van der Waals surface area (Å²) in [7, 11) is 4.44. The van der Waals surface area contributed by atoms with Gasteiger partial charge in [-0.2, -0.15) is 5.26 Å². The highest BCUT2D eigenvalue weighted by molar-refractivity contribution is 5.95. The van der Waals surface area contributed by atoms with Crippen molar-refractivity contribution in [1.82, 2.24) is 24.3 Å². The summed E-state index contributed by atoms with van der Waals surface area (Å²) in [6, 6.07) is 9.57. The van der Waals surface area contributed by atoms with E-state index in [1.165, 1.54) is 21.9 Å². The average molecular weight is 835 g/mol. The van der Waals surface area contributed by atoms with Crippen LogP contribution in [-0.2, 0) is 58.9 Å². The Morgan fingerprint density at radius 3 is 2.27 bits per heavy atom. The van der Waals surface area contributed by atoms with E-state index in [9.17, 15) is 33.6 Å². The smallest absolute Gasteiger partial charge is 0.414 e. The maximum absolute atomic E-state index is 13.9. The molecule has 0 aliphatic carbocycles. The van der Waals surface area contributed by atoms with Crippen LogP contribution >= 0.6 is 0 Å². The van der Waals surface area contributed by atoms with Gasteiger partial charge in [-0.1, -0.05) is 25.1 Å². The Balaban J connectivity index is 1.33. The monoisotopic (exact) mass is 834 g/mol. The topological polar surface area (TPSA) is 251 Å². The third-order valence-corrected chi connectivity index (χ3v) is 10.0. The highest BCUT2D eigenvalue weighted by Gasteiger charge is 2.56. The molecule has 1 unspecified atom stereocenters. The van der Waals surface area contributed by atoms with Gasteiger partial charge in [0.1, 0.15) is 18.6 Å². The lowest BCUT2D eigenvalue weighted by Gasteiger charge is -2.42. The van der Waals surface area contributed by atoms with Crippen molar-refractivity contribution in [3.63, 3.8) is 0 Å². The Labute approximate surface area is 344 Å². The molecule has 0 spiro atoms. The Hall–Kier alpha value is -6.82. The number of ether oxygens (including phenoxy) is 6. The van der Waals surface area contributed by atoms with Gasteiger partial charge in [0, 0.05) is 66.4 Å². The molecule has 1 N–H and O–H groups in total. The van der Waals surface area contributed by atoms with Gasteiger partial charge >= 0.3 is 36.0 Å². The van der Waals surface area contributed by atoms with Crippen LogP contribution in [0, 0.1) is 17.2 Å². The van der Waals surface area contributed by atoms with Crippen molar-refractivity contribution < 1.29 is 62.0 Å². The molecule has 2 saturated heterocycles. The molecule has 0 radical (unpaired) electrons. The van der Waals surface area contributed by atoms with E-state index in [1.54, 1.807) is 42.4 Å². The second-order valence-corrected chi connectivity index (χ2v) is 14.2. The number of aromatic nitrogens is 3. The number of methoxy groups -OCH3 is 1. The molecule has 21 nitrogen and oxygen atoms in total. The van der Waals surface area contributed by atoms with Crippen molar-refractivity contribution >= 4 is 64.4 Å². The Morgan fingerprint density at radius 2 is 1.60 bits per heavy atom. The zero-order chi connectivity index (χ0) is 43.8. The number of likely N-dealkylation sites (N-methyl/N-ethyl adjacent to an activating group) is 1. The number of likely N-dealkylation sites (tertiary alicyclic amines) is 1. The summed E-state index contributed by atoms with van der Waals surface area (Å²) in [4.78, 5) is 103. The number of rotatable bonds is 11. The van der Waals surface area contributed by atoms with Crippen LogP contribution in [0.25, 0.3) is 11.0 Å². The second kappa shape index (κ2) is 19.3. The molecule has 7 atom stereocenters. The molecule has 21 heteroatoms. The lowest BCUT2D eigenvalue weighted by molar-refractivity contribution is -0.287. The standard InChI is InChI=1S/C39H46N8O13/c1-21-13-16-46(29(51)12-15-40)19-28(21)45(6)34-26-14-17-47(35(26)42-20-41-34)39(54)44(5)18-25-10-8-9-11-27(25)43-38(53)60-37-33(58-24(4)50)31(57-23(3)49)30(56-22(2)48)32(59-37)36(52)55-7/h8-11,14,17,20-21,28,30-33,37H,12-13,16,18-19H2,1-7H3,(H,43,53)/t21-,28?,30+,31+,32+,33-,37+/m1/s1. The number of esters is 4. The molecule has 0 saturated carbocycles. The number of nitrogens with one attached hydrogen (secondary N) is 1. The molecule has 1 aromatic carbocycles. The van der Waals surface area contributed by atoms with E-state index >= 15 is 0 Å². The quantitative estimate of drug-likeness (QED) is 0.215. The molecule has 2 fully saturated rings. The molecule has 3 aromatic rings. The largest absolute Gasteiger partial charge is 0.467 e. The third-order valence-electron chi connectivity index (χ3n) is 10.0. The maximum Gasteiger partial charge on any atom is 0.414 e. The van der Waals surface area contributed by atoms with E-state index in [-0.39, 0.29) is 36.5 Å². The summed E-state index contributed by atoms with van der Waals surface area (Å²) in [5, 5.41) is 12.2. The van der Waals surface area contributed by atoms with E-state index in [0.29, 0.717) is 35.5 Å². The van der Waals surface area contributed by atoms with E-state index in [0.717, 1.165) is 34.3 Å². The first-order valence-corrected chi connectivity index (χ1v) is 18.8. The van der Waals surface area contributed by atoms with E-state index in [1.807, 2.05) is 18.0 Å². The number of para-hydroxylation sites is 1. The number of amides is 3. The molecule has 0 bridgehead atoms. The summed E-state index contributed by atoms with van der Waals surface area (Å²) in [6.07, 6.45) is -6.38. The fourth-order valence-corrected chi connectivity index (χ4v) is 7.20. The predicted molar refractivity (Wildman–Crippen MR) is 206 cm³/mol. The summed E-state index contributed by atoms with van der Waals surface area (Å²) in [6.45, 7) is 6.11. The molecule has 2 aliphatic rings. The van der Waals surface area contributed by atoms with Crippen LogP contribution in [0.1, 0.15) is 46.1 Å². The van der Waals surface area contributed by atoms with Crippen LogP contribution in [0.2, 0.25) is 0 Å². The average Bonchev–Trinajstić information content (AvgIpc) is 3.64. The van der Waals surface area contributed by atoms with Crippen LogP contribution in [0.15, 0.2) is 42.9 Å². The molecule has 5 rings (SSSR count). The van der Waals surface area contributed by atoms with Gasteiger partial charge in [0.15, 0.2) is 24.0 Å². The van der Waals surface area contributed by atoms with Crippen molar-refractivity contribution in [2.75, 3.05) is 44.5 Å². The van der Waals surface area contributed by atoms with Crippen LogP contribution < -0.4 is 10.2 Å². The number of nitrogens with zero attached hydrogens (tertiary/aromatic N) is 7. The number of hydrogen-bond donors (Lipinski definition) is 1. The zero-order valence-electron chi connectivity index (χ0n) is 34.1. The molecule has 320 valence electrons. The van der Waals surface area contributed by atoms with Gasteiger partial charge in [0.25, 0.3) is 0 Å². The van der Waals surface area contributed by atoms with Crippen molar-refractivity contribution in [3.05, 3.63) is 48.4 Å². The number of hydrogen-bond acceptors (Lipinski definition) is 17. The molecular weight excluding hydrogens is 788 g/mol. The fraction of sp³-hybridized carbons (Fsp3) is 0.487. The third kappa shape index (κ3) is 10.1. The molecule has 60 heavy (non-hydrogen) atoms. The van der Waals surface area contributed by atoms with Gasteiger partial charge in [0.05, 0.1) is 24.6 Å². The minimum absolute atomic E-state index is 0.0298. The molecule has 3 amide bonds.